The number of fused-ring (bicyclic) bond motifs is 1. The highest BCUT2D eigenvalue weighted by Gasteiger charge is 2.12. The van der Waals surface area contributed by atoms with Gasteiger partial charge >= 0.3 is 0 Å². The minimum atomic E-state index is -0.252. The molecular weight excluding hydrogens is 383 g/mol. The molecule has 0 aliphatic carbocycles. The van der Waals surface area contributed by atoms with Gasteiger partial charge in [-0.2, -0.15) is 10.2 Å². The average Bonchev–Trinajstić information content (AvgIpc) is 3.47. The van der Waals surface area contributed by atoms with Crippen molar-refractivity contribution in [3.63, 3.8) is 0 Å². The maximum absolute atomic E-state index is 13.4. The van der Waals surface area contributed by atoms with E-state index in [-0.39, 0.29) is 12.4 Å². The van der Waals surface area contributed by atoms with Crippen LogP contribution in [0.2, 0.25) is 0 Å². The second kappa shape index (κ2) is 7.57. The molecule has 4 aromatic heterocycles. The van der Waals surface area contributed by atoms with Gasteiger partial charge < -0.3 is 10.1 Å². The van der Waals surface area contributed by atoms with Gasteiger partial charge in [-0.25, -0.2) is 9.37 Å². The minimum absolute atomic E-state index is 0.0416. The third-order valence-corrected chi connectivity index (χ3v) is 5.00. The summed E-state index contributed by atoms with van der Waals surface area (Å²) in [4.78, 5) is 7.74. The summed E-state index contributed by atoms with van der Waals surface area (Å²) < 4.78 is 16.9. The highest BCUT2D eigenvalue weighted by Crippen LogP contribution is 2.30. The summed E-state index contributed by atoms with van der Waals surface area (Å²) in [5, 5.41) is 18.8. The summed E-state index contributed by atoms with van der Waals surface area (Å²) in [5.74, 6) is -0.252. The molecule has 5 rings (SSSR count). The van der Waals surface area contributed by atoms with Gasteiger partial charge in [0.05, 0.1) is 32.1 Å². The molecule has 0 fully saturated rings. The fraction of sp³-hybridized carbons (Fsp3) is 0.136. The number of H-pyrrole nitrogens is 1. The molecule has 4 heterocycles. The van der Waals surface area contributed by atoms with Gasteiger partial charge in [-0.3, -0.25) is 9.36 Å². The van der Waals surface area contributed by atoms with E-state index in [0.29, 0.717) is 13.1 Å². The fourth-order valence-corrected chi connectivity index (χ4v) is 3.55. The van der Waals surface area contributed by atoms with Crippen molar-refractivity contribution >= 4 is 11.0 Å². The van der Waals surface area contributed by atoms with Crippen LogP contribution >= 0.6 is 0 Å². The average molecular weight is 402 g/mol. The van der Waals surface area contributed by atoms with E-state index in [1.165, 1.54) is 12.1 Å². The first-order chi connectivity index (χ1) is 14.7. The van der Waals surface area contributed by atoms with Gasteiger partial charge in [0, 0.05) is 52.4 Å². The van der Waals surface area contributed by atoms with Crippen LogP contribution in [0.25, 0.3) is 33.3 Å². The number of nitrogens with one attached hydrogen (secondary N) is 1. The molecule has 0 aliphatic rings. The maximum atomic E-state index is 13.4. The van der Waals surface area contributed by atoms with Gasteiger partial charge in [-0.15, -0.1) is 0 Å². The Bertz CT molecular complexity index is 1320. The Labute approximate surface area is 171 Å². The number of aromatic amines is 1. The summed E-state index contributed by atoms with van der Waals surface area (Å²) in [6.07, 6.45) is 11.1. The van der Waals surface area contributed by atoms with E-state index in [1.807, 2.05) is 24.7 Å². The number of aromatic nitrogens is 6. The third kappa shape index (κ3) is 3.48. The summed E-state index contributed by atoms with van der Waals surface area (Å²) in [5.41, 5.74) is 5.47. The van der Waals surface area contributed by atoms with Crippen LogP contribution in [-0.4, -0.2) is 41.2 Å². The van der Waals surface area contributed by atoms with Crippen molar-refractivity contribution in [1.29, 1.82) is 0 Å². The Morgan fingerprint density at radius 2 is 1.80 bits per heavy atom. The number of halogens is 1. The number of hydrogen-bond donors (Lipinski definition) is 2. The molecule has 0 radical (unpaired) electrons. The maximum Gasteiger partial charge on any atom is 0.137 e. The Morgan fingerprint density at radius 3 is 2.67 bits per heavy atom. The third-order valence-electron chi connectivity index (χ3n) is 5.00. The number of benzene rings is 1. The van der Waals surface area contributed by atoms with Crippen LogP contribution in [0, 0.1) is 5.82 Å². The number of aliphatic hydroxyl groups excluding tert-OH is 1. The lowest BCUT2D eigenvalue weighted by atomic mass is 10.1. The van der Waals surface area contributed by atoms with Crippen LogP contribution in [0.5, 0.6) is 0 Å². The van der Waals surface area contributed by atoms with Crippen molar-refractivity contribution in [2.45, 2.75) is 13.1 Å². The Hall–Kier alpha value is -3.78. The molecule has 0 aliphatic heterocycles. The topological polar surface area (TPSA) is 84.5 Å². The standard InChI is InChI=1S/C22H19FN6O/c23-19-3-1-2-15(6-19)12-29-14-18(10-27-29)21-11-25-22-20(21)7-16(8-24-22)17-9-26-28(13-17)4-5-30/h1-3,6-11,13-14,30H,4-5,12H2,(H,24,25). The van der Waals surface area contributed by atoms with Crippen molar-refractivity contribution in [2.24, 2.45) is 0 Å². The molecule has 30 heavy (non-hydrogen) atoms. The number of hydrogen-bond acceptors (Lipinski definition) is 4. The first-order valence-corrected chi connectivity index (χ1v) is 9.58. The molecular formula is C22H19FN6O. The summed E-state index contributed by atoms with van der Waals surface area (Å²) in [7, 11) is 0. The van der Waals surface area contributed by atoms with Gasteiger partial charge in [0.15, 0.2) is 0 Å². The van der Waals surface area contributed by atoms with E-state index in [1.54, 1.807) is 34.0 Å². The Kier molecular flexibility index (Phi) is 4.61. The molecule has 0 amide bonds. The number of pyridine rings is 1. The highest BCUT2D eigenvalue weighted by molar-refractivity contribution is 5.95. The number of rotatable bonds is 6. The molecule has 7 nitrogen and oxygen atoms in total. The van der Waals surface area contributed by atoms with Crippen molar-refractivity contribution in [3.05, 3.63) is 78.9 Å². The van der Waals surface area contributed by atoms with E-state index >= 15 is 0 Å². The van der Waals surface area contributed by atoms with E-state index in [4.69, 9.17) is 5.11 Å². The largest absolute Gasteiger partial charge is 0.394 e. The first-order valence-electron chi connectivity index (χ1n) is 9.58. The van der Waals surface area contributed by atoms with Crippen molar-refractivity contribution < 1.29 is 9.50 Å². The lowest BCUT2D eigenvalue weighted by molar-refractivity contribution is 0.269. The number of nitrogens with zero attached hydrogens (tertiary/aromatic N) is 5. The zero-order valence-corrected chi connectivity index (χ0v) is 16.0. The van der Waals surface area contributed by atoms with E-state index in [0.717, 1.165) is 38.9 Å². The monoisotopic (exact) mass is 402 g/mol. The van der Waals surface area contributed by atoms with Crippen LogP contribution < -0.4 is 0 Å². The van der Waals surface area contributed by atoms with Crippen LogP contribution in [0.4, 0.5) is 4.39 Å². The van der Waals surface area contributed by atoms with Crippen LogP contribution in [0.15, 0.2) is 67.5 Å². The smallest absolute Gasteiger partial charge is 0.137 e. The van der Waals surface area contributed by atoms with Crippen LogP contribution in [0.1, 0.15) is 5.56 Å². The fourth-order valence-electron chi connectivity index (χ4n) is 3.55. The van der Waals surface area contributed by atoms with Crippen molar-refractivity contribution in [3.8, 4) is 22.3 Å². The molecule has 2 N–H and O–H groups in total. The van der Waals surface area contributed by atoms with Gasteiger partial charge in [-0.1, -0.05) is 12.1 Å². The van der Waals surface area contributed by atoms with Crippen LogP contribution in [0.3, 0.4) is 0 Å². The Morgan fingerprint density at radius 1 is 0.967 bits per heavy atom. The summed E-state index contributed by atoms with van der Waals surface area (Å²) in [6, 6.07) is 8.59. The zero-order chi connectivity index (χ0) is 20.5. The highest BCUT2D eigenvalue weighted by atomic mass is 19.1. The molecule has 0 bridgehead atoms. The van der Waals surface area contributed by atoms with E-state index < -0.39 is 0 Å². The van der Waals surface area contributed by atoms with Gasteiger partial charge in [0.2, 0.25) is 0 Å². The molecule has 0 spiro atoms. The summed E-state index contributed by atoms with van der Waals surface area (Å²) >= 11 is 0. The molecule has 8 heteroatoms. The van der Waals surface area contributed by atoms with E-state index in [2.05, 4.69) is 26.2 Å². The molecule has 0 atom stereocenters. The lowest BCUT2D eigenvalue weighted by Crippen LogP contribution is -2.01. The predicted octanol–water partition coefficient (Wildman–Crippen LogP) is 3.47. The normalized spacial score (nSPS) is 11.4. The predicted molar refractivity (Wildman–Crippen MR) is 111 cm³/mol. The molecule has 5 aromatic rings. The molecule has 0 unspecified atom stereocenters. The molecule has 1 aromatic carbocycles. The van der Waals surface area contributed by atoms with Gasteiger partial charge in [-0.05, 0) is 23.8 Å². The summed E-state index contributed by atoms with van der Waals surface area (Å²) in [6.45, 7) is 0.989. The Balaban J connectivity index is 1.46. The van der Waals surface area contributed by atoms with Gasteiger partial charge in [0.25, 0.3) is 0 Å². The van der Waals surface area contributed by atoms with Crippen molar-refractivity contribution in [2.75, 3.05) is 6.61 Å². The quantitative estimate of drug-likeness (QED) is 0.456. The zero-order valence-electron chi connectivity index (χ0n) is 16.0. The van der Waals surface area contributed by atoms with Gasteiger partial charge in [0.1, 0.15) is 11.5 Å². The first kappa shape index (κ1) is 18.3. The minimum Gasteiger partial charge on any atom is -0.394 e. The van der Waals surface area contributed by atoms with E-state index in [9.17, 15) is 4.39 Å². The molecule has 0 saturated carbocycles. The second-order valence-electron chi connectivity index (χ2n) is 7.09. The SMILES string of the molecule is OCCn1cc(-c2cnc3[nH]cc(-c4cnn(Cc5cccc(F)c5)c4)c3c2)cn1. The van der Waals surface area contributed by atoms with Crippen molar-refractivity contribution in [1.82, 2.24) is 29.5 Å². The molecule has 0 saturated heterocycles. The number of aliphatic hydroxyl groups is 1. The lowest BCUT2D eigenvalue weighted by Gasteiger charge is -2.02. The molecule has 150 valence electrons. The van der Waals surface area contributed by atoms with Crippen LogP contribution in [-0.2, 0) is 13.1 Å². The second-order valence-corrected chi connectivity index (χ2v) is 7.09.